The Kier molecular flexibility index (Phi) is 1.94. The topological polar surface area (TPSA) is 86.7 Å². The van der Waals surface area contributed by atoms with Crippen LogP contribution >= 0.6 is 0 Å². The number of hydrogen-bond donors (Lipinski definition) is 0. The van der Waals surface area contributed by atoms with Crippen molar-refractivity contribution >= 4 is 10.8 Å². The van der Waals surface area contributed by atoms with Crippen molar-refractivity contribution in [1.82, 2.24) is 0 Å². The molecule has 0 N–H and O–H groups in total. The summed E-state index contributed by atoms with van der Waals surface area (Å²) in [6.45, 7) is 0. The lowest BCUT2D eigenvalue weighted by atomic mass is 10.2. The van der Waals surface area contributed by atoms with Crippen LogP contribution in [0.1, 0.15) is 0 Å². The van der Waals surface area contributed by atoms with Gasteiger partial charge in [-0.05, 0) is 21.6 Å². The summed E-state index contributed by atoms with van der Waals surface area (Å²) in [5.41, 5.74) is -1.64. The van der Waals surface area contributed by atoms with Gasteiger partial charge >= 0.3 is 11.3 Å². The quantitative estimate of drug-likeness (QED) is 0.585. The third-order valence-electron chi connectivity index (χ3n) is 1.61. The highest BCUT2D eigenvalue weighted by molar-refractivity contribution is 5.79. The molecule has 0 atom stereocenters. The molecule has 1 heterocycles. The van der Waals surface area contributed by atoms with E-state index in [1.54, 1.807) is 12.1 Å². The molecule has 0 spiro atoms. The lowest BCUT2D eigenvalue weighted by Gasteiger charge is -1.86. The van der Waals surface area contributed by atoms with Crippen molar-refractivity contribution in [2.45, 2.75) is 0 Å². The van der Waals surface area contributed by atoms with E-state index in [1.165, 1.54) is 12.1 Å². The number of hydrogen-bond acceptors (Lipinski definition) is 6. The summed E-state index contributed by atoms with van der Waals surface area (Å²) in [5.74, 6) is 0. The Bertz CT molecular complexity index is 540. The van der Waals surface area contributed by atoms with E-state index in [9.17, 15) is 9.59 Å². The van der Waals surface area contributed by atoms with Crippen LogP contribution in [0.2, 0.25) is 0 Å². The zero-order valence-corrected chi connectivity index (χ0v) is 6.76. The molecular formula is C8H4O6. The maximum atomic E-state index is 11.2. The van der Waals surface area contributed by atoms with Gasteiger partial charge in [0.1, 0.15) is 0 Å². The summed E-state index contributed by atoms with van der Waals surface area (Å²) < 4.78 is 15.9. The van der Waals surface area contributed by atoms with Crippen LogP contribution in [-0.2, 0) is 0 Å². The van der Waals surface area contributed by atoms with Crippen LogP contribution in [0.3, 0.4) is 0 Å². The van der Waals surface area contributed by atoms with E-state index in [0.717, 1.165) is 0 Å². The predicted octanol–water partition coefficient (Wildman–Crippen LogP) is 1.06. The van der Waals surface area contributed by atoms with E-state index in [0.29, 0.717) is 0 Å². The van der Waals surface area contributed by atoms with Crippen LogP contribution in [0, 0.1) is 0 Å². The summed E-state index contributed by atoms with van der Waals surface area (Å²) in [5, 5.41) is 0.113. The molecule has 6 heteroatoms. The number of benzene rings is 1. The second-order valence-electron chi connectivity index (χ2n) is 2.42. The lowest BCUT2D eigenvalue weighted by Crippen LogP contribution is -2.03. The summed E-state index contributed by atoms with van der Waals surface area (Å²) >= 11 is 0. The standard InChI is InChI=1S/C8H4O6/c9-7-5-3-1-2-4-6(5)8(10)12-14-13-11-7/h1-4H. The van der Waals surface area contributed by atoms with Gasteiger partial charge in [0.25, 0.3) is 0 Å². The van der Waals surface area contributed by atoms with Crippen LogP contribution in [0.4, 0.5) is 0 Å². The SMILES string of the molecule is O=c1ooooc(=O)c2ccccc12. The van der Waals surface area contributed by atoms with E-state index in [-0.39, 0.29) is 10.8 Å². The second-order valence-corrected chi connectivity index (χ2v) is 2.42. The lowest BCUT2D eigenvalue weighted by molar-refractivity contribution is -0.305. The maximum Gasteiger partial charge on any atom is 0.391 e. The zero-order chi connectivity index (χ0) is 9.97. The minimum Gasteiger partial charge on any atom is -0.241 e. The third-order valence-corrected chi connectivity index (χ3v) is 1.61. The highest BCUT2D eigenvalue weighted by Crippen LogP contribution is 2.01. The van der Waals surface area contributed by atoms with E-state index < -0.39 is 11.3 Å². The van der Waals surface area contributed by atoms with Gasteiger partial charge in [0.05, 0.1) is 10.8 Å². The number of rotatable bonds is 0. The number of fused-ring (bicyclic) bond motifs is 1. The molecule has 0 fully saturated rings. The van der Waals surface area contributed by atoms with E-state index in [2.05, 4.69) is 18.6 Å². The van der Waals surface area contributed by atoms with Gasteiger partial charge in [-0.15, -0.1) is 0 Å². The minimum atomic E-state index is -0.822. The first kappa shape index (κ1) is 8.36. The third kappa shape index (κ3) is 1.33. The van der Waals surface area contributed by atoms with Crippen molar-refractivity contribution in [1.29, 1.82) is 0 Å². The molecule has 0 saturated carbocycles. The molecule has 2 aromatic rings. The highest BCUT2D eigenvalue weighted by atomic mass is 17.4. The average Bonchev–Trinajstić information content (AvgIpc) is 2.22. The fraction of sp³-hybridized carbons (Fsp3) is 0. The maximum absolute atomic E-state index is 11.2. The van der Waals surface area contributed by atoms with Gasteiger partial charge in [-0.2, -0.15) is 0 Å². The summed E-state index contributed by atoms with van der Waals surface area (Å²) in [4.78, 5) is 22.3. The molecule has 1 aromatic carbocycles. The zero-order valence-electron chi connectivity index (χ0n) is 6.76. The normalized spacial score (nSPS) is 10.0. The first-order valence-corrected chi connectivity index (χ1v) is 3.64. The van der Waals surface area contributed by atoms with Gasteiger partial charge in [0.15, 0.2) is 0 Å². The smallest absolute Gasteiger partial charge is 0.241 e. The molecular weight excluding hydrogens is 192 g/mol. The molecule has 14 heavy (non-hydrogen) atoms. The molecule has 0 aliphatic rings. The van der Waals surface area contributed by atoms with Crippen LogP contribution < -0.4 is 11.3 Å². The molecule has 0 bridgehead atoms. The van der Waals surface area contributed by atoms with Crippen molar-refractivity contribution in [2.75, 3.05) is 0 Å². The van der Waals surface area contributed by atoms with Crippen molar-refractivity contribution in [2.24, 2.45) is 0 Å². The monoisotopic (exact) mass is 196 g/mol. The Balaban J connectivity index is 3.14. The van der Waals surface area contributed by atoms with E-state index in [1.807, 2.05) is 0 Å². The Hall–Kier alpha value is -2.24. The molecule has 72 valence electrons. The first-order chi connectivity index (χ1) is 6.79. The Morgan fingerprint density at radius 3 is 1.64 bits per heavy atom. The van der Waals surface area contributed by atoms with Crippen molar-refractivity contribution in [3.63, 3.8) is 0 Å². The molecule has 0 unspecified atom stereocenters. The van der Waals surface area contributed by atoms with Crippen molar-refractivity contribution < 1.29 is 18.6 Å². The molecule has 0 radical (unpaired) electrons. The molecule has 6 nitrogen and oxygen atoms in total. The molecule has 0 amide bonds. The summed E-state index contributed by atoms with van der Waals surface area (Å²) in [7, 11) is 0. The van der Waals surface area contributed by atoms with Crippen molar-refractivity contribution in [3.8, 4) is 0 Å². The van der Waals surface area contributed by atoms with Crippen LogP contribution in [-0.4, -0.2) is 0 Å². The predicted molar refractivity (Wildman–Crippen MR) is 43.2 cm³/mol. The first-order valence-electron chi connectivity index (χ1n) is 3.64. The molecule has 0 saturated heterocycles. The molecule has 2 rings (SSSR count). The molecule has 1 aromatic heterocycles. The Morgan fingerprint density at radius 1 is 0.786 bits per heavy atom. The summed E-state index contributed by atoms with van der Waals surface area (Å²) in [6.07, 6.45) is 0. The average molecular weight is 196 g/mol. The van der Waals surface area contributed by atoms with Gasteiger partial charge in [-0.3, -0.25) is 0 Å². The fourth-order valence-corrected chi connectivity index (χ4v) is 1.02. The molecule has 0 aliphatic heterocycles. The van der Waals surface area contributed by atoms with Gasteiger partial charge in [-0.1, -0.05) is 12.1 Å². The van der Waals surface area contributed by atoms with Crippen LogP contribution in [0.25, 0.3) is 10.8 Å². The Labute approximate surface area is 75.5 Å². The van der Waals surface area contributed by atoms with Gasteiger partial charge in [0.2, 0.25) is 0 Å². The summed E-state index contributed by atoms with van der Waals surface area (Å²) in [6, 6.07) is 5.98. The van der Waals surface area contributed by atoms with E-state index in [4.69, 9.17) is 0 Å². The van der Waals surface area contributed by atoms with E-state index >= 15 is 0 Å². The van der Waals surface area contributed by atoms with Gasteiger partial charge in [0, 0.05) is 0 Å². The Morgan fingerprint density at radius 2 is 1.21 bits per heavy atom. The van der Waals surface area contributed by atoms with Crippen LogP contribution in [0.5, 0.6) is 0 Å². The van der Waals surface area contributed by atoms with Gasteiger partial charge < -0.3 is 0 Å². The fourth-order valence-electron chi connectivity index (χ4n) is 1.02. The highest BCUT2D eigenvalue weighted by Gasteiger charge is 2.01. The minimum absolute atomic E-state index is 0.0563. The van der Waals surface area contributed by atoms with Crippen LogP contribution in [0.15, 0.2) is 52.5 Å². The second kappa shape index (κ2) is 3.25. The molecule has 0 aliphatic carbocycles. The van der Waals surface area contributed by atoms with Crippen molar-refractivity contribution in [3.05, 3.63) is 45.1 Å². The largest absolute Gasteiger partial charge is 0.391 e. The van der Waals surface area contributed by atoms with Gasteiger partial charge in [-0.25, -0.2) is 18.7 Å².